The number of ether oxygens (including phenoxy) is 1. The number of rotatable bonds is 4. The van der Waals surface area contributed by atoms with Gasteiger partial charge in [0, 0.05) is 31.4 Å². The lowest BCUT2D eigenvalue weighted by Crippen LogP contribution is -2.34. The van der Waals surface area contributed by atoms with Crippen molar-refractivity contribution in [2.45, 2.75) is 77.0 Å². The summed E-state index contributed by atoms with van der Waals surface area (Å²) >= 11 is 0. The monoisotopic (exact) mass is 291 g/mol. The van der Waals surface area contributed by atoms with Gasteiger partial charge in [0.25, 0.3) is 0 Å². The molecule has 21 heavy (non-hydrogen) atoms. The molecule has 1 spiro atoms. The lowest BCUT2D eigenvalue weighted by Gasteiger charge is -2.33. The standard InChI is InChI=1S/C17H29N3O/c1-13-16(14(2)20(3)19-13)12-18-11-15-7-10-17(21-15)8-5-4-6-9-17/h15,18H,4-12H2,1-3H3. The second-order valence-corrected chi connectivity index (χ2v) is 6.93. The zero-order valence-corrected chi connectivity index (χ0v) is 13.7. The molecule has 4 nitrogen and oxygen atoms in total. The molecule has 1 aromatic rings. The third-order valence-corrected chi connectivity index (χ3v) is 5.44. The molecule has 1 N–H and O–H groups in total. The first kappa shape index (κ1) is 15.0. The molecule has 2 fully saturated rings. The average molecular weight is 291 g/mol. The Labute approximate surface area is 128 Å². The Hall–Kier alpha value is -0.870. The fraction of sp³-hybridized carbons (Fsp3) is 0.824. The van der Waals surface area contributed by atoms with Crippen LogP contribution in [-0.4, -0.2) is 28.0 Å². The van der Waals surface area contributed by atoms with Crippen molar-refractivity contribution in [2.75, 3.05) is 6.54 Å². The van der Waals surface area contributed by atoms with Gasteiger partial charge in [-0.3, -0.25) is 4.68 Å². The van der Waals surface area contributed by atoms with E-state index in [0.717, 1.165) is 18.8 Å². The van der Waals surface area contributed by atoms with Gasteiger partial charge in [-0.1, -0.05) is 19.3 Å². The molecule has 1 unspecified atom stereocenters. The van der Waals surface area contributed by atoms with E-state index in [2.05, 4.69) is 24.3 Å². The molecule has 2 aliphatic rings. The molecule has 2 heterocycles. The predicted molar refractivity (Wildman–Crippen MR) is 84.3 cm³/mol. The third kappa shape index (κ3) is 3.16. The van der Waals surface area contributed by atoms with E-state index in [-0.39, 0.29) is 5.60 Å². The van der Waals surface area contributed by atoms with Gasteiger partial charge in [0.05, 0.1) is 17.4 Å². The number of aromatic nitrogens is 2. The molecule has 1 aliphatic carbocycles. The molecule has 1 saturated heterocycles. The molecule has 0 amide bonds. The topological polar surface area (TPSA) is 39.1 Å². The highest BCUT2D eigenvalue weighted by Crippen LogP contribution is 2.41. The molecule has 1 atom stereocenters. The molecule has 3 rings (SSSR count). The molecule has 118 valence electrons. The Morgan fingerprint density at radius 2 is 2.00 bits per heavy atom. The fourth-order valence-electron chi connectivity index (χ4n) is 4.03. The number of nitrogens with zero attached hydrogens (tertiary/aromatic N) is 2. The van der Waals surface area contributed by atoms with Crippen molar-refractivity contribution in [1.29, 1.82) is 0 Å². The van der Waals surface area contributed by atoms with Crippen LogP contribution in [0.4, 0.5) is 0 Å². The highest BCUT2D eigenvalue weighted by Gasteiger charge is 2.40. The molecule has 1 saturated carbocycles. The van der Waals surface area contributed by atoms with Crippen molar-refractivity contribution in [2.24, 2.45) is 7.05 Å². The lowest BCUT2D eigenvalue weighted by molar-refractivity contribution is -0.0624. The van der Waals surface area contributed by atoms with Crippen molar-refractivity contribution >= 4 is 0 Å². The maximum atomic E-state index is 6.41. The Morgan fingerprint density at radius 3 is 2.67 bits per heavy atom. The van der Waals surface area contributed by atoms with Gasteiger partial charge >= 0.3 is 0 Å². The van der Waals surface area contributed by atoms with Gasteiger partial charge in [-0.2, -0.15) is 5.10 Å². The predicted octanol–water partition coefficient (Wildman–Crippen LogP) is 3.01. The van der Waals surface area contributed by atoms with Crippen molar-refractivity contribution in [1.82, 2.24) is 15.1 Å². The molecule has 4 heteroatoms. The first-order chi connectivity index (χ1) is 10.1. The van der Waals surface area contributed by atoms with E-state index in [4.69, 9.17) is 4.74 Å². The smallest absolute Gasteiger partial charge is 0.0708 e. The van der Waals surface area contributed by atoms with Gasteiger partial charge in [-0.05, 0) is 39.5 Å². The maximum absolute atomic E-state index is 6.41. The third-order valence-electron chi connectivity index (χ3n) is 5.44. The summed E-state index contributed by atoms with van der Waals surface area (Å²) < 4.78 is 8.38. The van der Waals surface area contributed by atoms with Gasteiger partial charge < -0.3 is 10.1 Å². The van der Waals surface area contributed by atoms with E-state index in [1.165, 1.54) is 56.2 Å². The molecular weight excluding hydrogens is 262 g/mol. The van der Waals surface area contributed by atoms with Crippen LogP contribution in [0.15, 0.2) is 0 Å². The summed E-state index contributed by atoms with van der Waals surface area (Å²) in [5.41, 5.74) is 3.97. The maximum Gasteiger partial charge on any atom is 0.0708 e. The summed E-state index contributed by atoms with van der Waals surface area (Å²) in [6.45, 7) is 6.10. The Kier molecular flexibility index (Phi) is 4.36. The highest BCUT2D eigenvalue weighted by atomic mass is 16.5. The number of hydrogen-bond donors (Lipinski definition) is 1. The Balaban J connectivity index is 1.48. The Morgan fingerprint density at radius 1 is 1.24 bits per heavy atom. The second-order valence-electron chi connectivity index (χ2n) is 6.93. The number of nitrogens with one attached hydrogen (secondary N) is 1. The van der Waals surface area contributed by atoms with Gasteiger partial charge in [0.15, 0.2) is 0 Å². The van der Waals surface area contributed by atoms with Crippen molar-refractivity contribution in [3.8, 4) is 0 Å². The van der Waals surface area contributed by atoms with Crippen LogP contribution >= 0.6 is 0 Å². The molecule has 1 aromatic heterocycles. The summed E-state index contributed by atoms with van der Waals surface area (Å²) in [4.78, 5) is 0. The summed E-state index contributed by atoms with van der Waals surface area (Å²) in [6, 6.07) is 0. The van der Waals surface area contributed by atoms with Gasteiger partial charge in [-0.25, -0.2) is 0 Å². The van der Waals surface area contributed by atoms with E-state index in [0.29, 0.717) is 6.10 Å². The molecule has 0 aromatic carbocycles. The van der Waals surface area contributed by atoms with E-state index in [1.807, 2.05) is 11.7 Å². The van der Waals surface area contributed by atoms with E-state index >= 15 is 0 Å². The molecule has 0 bridgehead atoms. The van der Waals surface area contributed by atoms with Crippen LogP contribution in [-0.2, 0) is 18.3 Å². The van der Waals surface area contributed by atoms with Crippen LogP contribution in [0.3, 0.4) is 0 Å². The number of aryl methyl sites for hydroxylation is 2. The quantitative estimate of drug-likeness (QED) is 0.927. The van der Waals surface area contributed by atoms with Crippen molar-refractivity contribution in [3.05, 3.63) is 17.0 Å². The Bertz CT molecular complexity index is 488. The molecule has 1 aliphatic heterocycles. The van der Waals surface area contributed by atoms with Gasteiger partial charge in [0.2, 0.25) is 0 Å². The van der Waals surface area contributed by atoms with Crippen LogP contribution < -0.4 is 5.32 Å². The first-order valence-electron chi connectivity index (χ1n) is 8.47. The van der Waals surface area contributed by atoms with Crippen LogP contribution in [0.25, 0.3) is 0 Å². The summed E-state index contributed by atoms with van der Waals surface area (Å²) in [5, 5.41) is 8.06. The molecule has 0 radical (unpaired) electrons. The minimum atomic E-state index is 0.241. The van der Waals surface area contributed by atoms with Gasteiger partial charge in [-0.15, -0.1) is 0 Å². The minimum absolute atomic E-state index is 0.241. The van der Waals surface area contributed by atoms with Crippen molar-refractivity contribution in [3.63, 3.8) is 0 Å². The van der Waals surface area contributed by atoms with E-state index in [9.17, 15) is 0 Å². The van der Waals surface area contributed by atoms with Crippen LogP contribution in [0.1, 0.15) is 61.9 Å². The summed E-state index contributed by atoms with van der Waals surface area (Å²) in [5.74, 6) is 0. The van der Waals surface area contributed by atoms with Crippen molar-refractivity contribution < 1.29 is 4.74 Å². The molecular formula is C17H29N3O. The minimum Gasteiger partial charge on any atom is -0.370 e. The largest absolute Gasteiger partial charge is 0.370 e. The van der Waals surface area contributed by atoms with Gasteiger partial charge in [0.1, 0.15) is 0 Å². The SMILES string of the molecule is Cc1nn(C)c(C)c1CNCC1CCC2(CCCCC2)O1. The number of hydrogen-bond acceptors (Lipinski definition) is 3. The van der Waals surface area contributed by atoms with Crippen LogP contribution in [0, 0.1) is 13.8 Å². The second kappa shape index (κ2) is 6.09. The van der Waals surface area contributed by atoms with E-state index < -0.39 is 0 Å². The highest BCUT2D eigenvalue weighted by molar-refractivity contribution is 5.23. The summed E-state index contributed by atoms with van der Waals surface area (Å²) in [6.07, 6.45) is 9.56. The average Bonchev–Trinajstić information content (AvgIpc) is 2.96. The first-order valence-corrected chi connectivity index (χ1v) is 8.47. The fourth-order valence-corrected chi connectivity index (χ4v) is 4.03. The summed E-state index contributed by atoms with van der Waals surface area (Å²) in [7, 11) is 2.01. The zero-order chi connectivity index (χ0) is 14.9. The van der Waals surface area contributed by atoms with Crippen LogP contribution in [0.2, 0.25) is 0 Å². The lowest BCUT2D eigenvalue weighted by atomic mass is 9.83. The zero-order valence-electron chi connectivity index (χ0n) is 13.7. The van der Waals surface area contributed by atoms with E-state index in [1.54, 1.807) is 0 Å². The normalized spacial score (nSPS) is 24.8. The van der Waals surface area contributed by atoms with Crippen LogP contribution in [0.5, 0.6) is 0 Å².